The molecule has 7 nitrogen and oxygen atoms in total. The number of hydrogen-bond acceptors (Lipinski definition) is 6. The monoisotopic (exact) mass is 330 g/mol. The fourth-order valence-corrected chi connectivity index (χ4v) is 2.22. The Kier molecular flexibility index (Phi) is 5.10. The van der Waals surface area contributed by atoms with Crippen molar-refractivity contribution in [1.29, 1.82) is 0 Å². The number of benzene rings is 1. The average Bonchev–Trinajstić information content (AvgIpc) is 3.32. The van der Waals surface area contributed by atoms with Crippen molar-refractivity contribution >= 4 is 11.6 Å². The number of ether oxygens (including phenoxy) is 1. The predicted molar refractivity (Wildman–Crippen MR) is 88.2 cm³/mol. The molecule has 1 amide bonds. The zero-order chi connectivity index (χ0) is 16.9. The second kappa shape index (κ2) is 7.44. The molecule has 0 unspecified atom stereocenters. The van der Waals surface area contributed by atoms with Crippen molar-refractivity contribution in [3.05, 3.63) is 41.5 Å². The van der Waals surface area contributed by atoms with Crippen LogP contribution < -0.4 is 10.9 Å². The molecular weight excluding hydrogens is 308 g/mol. The highest BCUT2D eigenvalue weighted by molar-refractivity contribution is 5.78. The summed E-state index contributed by atoms with van der Waals surface area (Å²) in [6.07, 6.45) is 2.23. The molecule has 0 radical (unpaired) electrons. The first kappa shape index (κ1) is 16.4. The van der Waals surface area contributed by atoms with Crippen molar-refractivity contribution in [3.8, 4) is 0 Å². The molecule has 0 bridgehead atoms. The first-order valence-corrected chi connectivity index (χ1v) is 8.17. The summed E-state index contributed by atoms with van der Waals surface area (Å²) in [6.45, 7) is 4.30. The summed E-state index contributed by atoms with van der Waals surface area (Å²) in [5.41, 5.74) is 7.52. The molecule has 0 spiro atoms. The maximum Gasteiger partial charge on any atom is 0.264 e. The summed E-state index contributed by atoms with van der Waals surface area (Å²) in [7, 11) is 0. The van der Waals surface area contributed by atoms with E-state index in [9.17, 15) is 4.79 Å². The minimum absolute atomic E-state index is 0.0853. The Morgan fingerprint density at radius 1 is 1.42 bits per heavy atom. The van der Waals surface area contributed by atoms with Gasteiger partial charge in [0.2, 0.25) is 0 Å². The molecule has 3 rings (SSSR count). The van der Waals surface area contributed by atoms with Crippen LogP contribution in [0.15, 0.2) is 28.8 Å². The summed E-state index contributed by atoms with van der Waals surface area (Å²) in [5.74, 6) is 1.75. The number of aromatic nitrogens is 2. The van der Waals surface area contributed by atoms with E-state index in [-0.39, 0.29) is 19.1 Å². The van der Waals surface area contributed by atoms with E-state index in [1.807, 2.05) is 18.2 Å². The number of carbonyl (C=O) groups excluding carboxylic acids is 1. The third-order valence-electron chi connectivity index (χ3n) is 3.78. The molecule has 7 heteroatoms. The van der Waals surface area contributed by atoms with E-state index in [1.165, 1.54) is 5.56 Å². The van der Waals surface area contributed by atoms with Crippen LogP contribution in [0.25, 0.3) is 0 Å². The van der Waals surface area contributed by atoms with Crippen LogP contribution in [0.5, 0.6) is 0 Å². The molecule has 1 fully saturated rings. The van der Waals surface area contributed by atoms with Gasteiger partial charge in [-0.15, -0.1) is 0 Å². The average molecular weight is 330 g/mol. The van der Waals surface area contributed by atoms with Crippen LogP contribution in [0.3, 0.4) is 0 Å². The highest BCUT2D eigenvalue weighted by Crippen LogP contribution is 2.38. The molecule has 1 aliphatic rings. The van der Waals surface area contributed by atoms with E-state index in [0.29, 0.717) is 17.7 Å². The molecule has 1 heterocycles. The zero-order valence-corrected chi connectivity index (χ0v) is 13.9. The lowest BCUT2D eigenvalue weighted by Crippen LogP contribution is -2.32. The van der Waals surface area contributed by atoms with Gasteiger partial charge in [-0.25, -0.2) is 0 Å². The lowest BCUT2D eigenvalue weighted by molar-refractivity contribution is -0.125. The van der Waals surface area contributed by atoms with Crippen LogP contribution in [0, 0.1) is 0 Å². The Morgan fingerprint density at radius 3 is 3.00 bits per heavy atom. The SMILES string of the molecule is CC(C)c1cccc(NNC(=O)COCc2nc(C3CC3)no2)c1. The molecule has 2 aromatic rings. The minimum atomic E-state index is -0.271. The van der Waals surface area contributed by atoms with Crippen LogP contribution in [-0.2, 0) is 16.1 Å². The van der Waals surface area contributed by atoms with E-state index in [0.717, 1.165) is 24.4 Å². The largest absolute Gasteiger partial charge is 0.362 e. The molecule has 0 aliphatic heterocycles. The lowest BCUT2D eigenvalue weighted by atomic mass is 10.0. The Balaban J connectivity index is 1.38. The van der Waals surface area contributed by atoms with Gasteiger partial charge in [0, 0.05) is 5.92 Å². The molecule has 1 saturated carbocycles. The molecule has 0 saturated heterocycles. The Hall–Kier alpha value is -2.41. The summed E-state index contributed by atoms with van der Waals surface area (Å²) in [6, 6.07) is 7.91. The van der Waals surface area contributed by atoms with Gasteiger partial charge in [0.05, 0.1) is 5.69 Å². The third kappa shape index (κ3) is 4.55. The van der Waals surface area contributed by atoms with Crippen LogP contribution in [0.2, 0.25) is 0 Å². The van der Waals surface area contributed by atoms with Crippen molar-refractivity contribution < 1.29 is 14.1 Å². The number of amides is 1. The summed E-state index contributed by atoms with van der Waals surface area (Å²) >= 11 is 0. The van der Waals surface area contributed by atoms with Crippen LogP contribution >= 0.6 is 0 Å². The Morgan fingerprint density at radius 2 is 2.25 bits per heavy atom. The normalized spacial score (nSPS) is 14.0. The number of nitrogens with one attached hydrogen (secondary N) is 2. The van der Waals surface area contributed by atoms with E-state index >= 15 is 0 Å². The molecule has 1 aromatic carbocycles. The summed E-state index contributed by atoms with van der Waals surface area (Å²) in [4.78, 5) is 16.0. The summed E-state index contributed by atoms with van der Waals surface area (Å²) in [5, 5.41) is 3.90. The van der Waals surface area contributed by atoms with Gasteiger partial charge >= 0.3 is 0 Å². The first-order valence-electron chi connectivity index (χ1n) is 8.17. The number of anilines is 1. The summed E-state index contributed by atoms with van der Waals surface area (Å²) < 4.78 is 10.4. The van der Waals surface area contributed by atoms with Gasteiger partial charge in [0.25, 0.3) is 11.8 Å². The zero-order valence-electron chi connectivity index (χ0n) is 13.9. The van der Waals surface area contributed by atoms with Crippen molar-refractivity contribution in [2.75, 3.05) is 12.0 Å². The predicted octanol–water partition coefficient (Wildman–Crippen LogP) is 2.73. The van der Waals surface area contributed by atoms with E-state index < -0.39 is 0 Å². The second-order valence-corrected chi connectivity index (χ2v) is 6.27. The minimum Gasteiger partial charge on any atom is -0.362 e. The van der Waals surface area contributed by atoms with Crippen LogP contribution in [0.1, 0.15) is 55.8 Å². The highest BCUT2D eigenvalue weighted by Gasteiger charge is 2.28. The lowest BCUT2D eigenvalue weighted by Gasteiger charge is -2.11. The van der Waals surface area contributed by atoms with Gasteiger partial charge in [-0.1, -0.05) is 31.1 Å². The quantitative estimate of drug-likeness (QED) is 0.723. The van der Waals surface area contributed by atoms with E-state index in [2.05, 4.69) is 40.9 Å². The molecule has 1 aromatic heterocycles. The van der Waals surface area contributed by atoms with Gasteiger partial charge in [0.15, 0.2) is 5.82 Å². The fourth-order valence-electron chi connectivity index (χ4n) is 2.22. The highest BCUT2D eigenvalue weighted by atomic mass is 16.5. The Bertz CT molecular complexity index is 695. The van der Waals surface area contributed by atoms with Gasteiger partial charge in [-0.3, -0.25) is 15.6 Å². The third-order valence-corrected chi connectivity index (χ3v) is 3.78. The molecule has 1 aliphatic carbocycles. The number of carbonyl (C=O) groups is 1. The standard InChI is InChI=1S/C17H22N4O3/c1-11(2)13-4-3-5-14(8-13)19-20-15(22)9-23-10-16-18-17(21-24-16)12-6-7-12/h3-5,8,11-12,19H,6-7,9-10H2,1-2H3,(H,20,22). The smallest absolute Gasteiger partial charge is 0.264 e. The number of hydrogen-bond donors (Lipinski definition) is 2. The second-order valence-electron chi connectivity index (χ2n) is 6.27. The van der Waals surface area contributed by atoms with Gasteiger partial charge in [-0.05, 0) is 36.5 Å². The molecule has 0 atom stereocenters. The van der Waals surface area contributed by atoms with Crippen molar-refractivity contribution in [1.82, 2.24) is 15.6 Å². The van der Waals surface area contributed by atoms with Crippen molar-refractivity contribution in [2.24, 2.45) is 0 Å². The maximum atomic E-state index is 11.8. The molecule has 2 N–H and O–H groups in total. The number of hydrazine groups is 1. The van der Waals surface area contributed by atoms with Gasteiger partial charge in [-0.2, -0.15) is 4.98 Å². The van der Waals surface area contributed by atoms with E-state index in [4.69, 9.17) is 9.26 Å². The van der Waals surface area contributed by atoms with Gasteiger partial charge < -0.3 is 9.26 Å². The number of rotatable bonds is 8. The van der Waals surface area contributed by atoms with Crippen molar-refractivity contribution in [3.63, 3.8) is 0 Å². The molecule has 24 heavy (non-hydrogen) atoms. The maximum absolute atomic E-state index is 11.8. The molecular formula is C17H22N4O3. The van der Waals surface area contributed by atoms with Crippen LogP contribution in [0.4, 0.5) is 5.69 Å². The first-order chi connectivity index (χ1) is 11.6. The fraction of sp³-hybridized carbons (Fsp3) is 0.471. The van der Waals surface area contributed by atoms with Crippen LogP contribution in [-0.4, -0.2) is 22.7 Å². The van der Waals surface area contributed by atoms with E-state index in [1.54, 1.807) is 0 Å². The Labute approximate surface area is 140 Å². The topological polar surface area (TPSA) is 89.3 Å². The van der Waals surface area contributed by atoms with Gasteiger partial charge in [0.1, 0.15) is 13.2 Å². The number of nitrogens with zero attached hydrogens (tertiary/aromatic N) is 2. The molecule has 128 valence electrons. The van der Waals surface area contributed by atoms with Crippen molar-refractivity contribution in [2.45, 2.75) is 45.1 Å².